The minimum absolute atomic E-state index is 0.140. The Hall–Kier alpha value is -1.35. The number of Topliss-reactive ketones (excluding diaryl/α,β-unsaturated/α-hetero) is 1. The van der Waals surface area contributed by atoms with Gasteiger partial charge in [0.05, 0.1) is 12.7 Å². The maximum atomic E-state index is 13.6. The van der Waals surface area contributed by atoms with Crippen LogP contribution in [-0.4, -0.2) is 23.6 Å². The minimum Gasteiger partial charge on any atom is -0.497 e. The van der Waals surface area contributed by atoms with Crippen molar-refractivity contribution in [3.05, 3.63) is 29.8 Å². The lowest BCUT2D eigenvalue weighted by Crippen LogP contribution is -2.55. The average molecular weight is 425 g/mol. The van der Waals surface area contributed by atoms with Crippen LogP contribution in [0.1, 0.15) is 88.9 Å². The SMILES string of the molecule is COc1ccc(C(=O)[C@H]2CC[C@H]3[C@@H]4CC[C@H]5C[C@](C)(O)CC[C@]5(C)[C@H]4CC[C@]23C)cc1. The van der Waals surface area contributed by atoms with Crippen LogP contribution in [0.15, 0.2) is 24.3 Å². The molecule has 1 aromatic carbocycles. The van der Waals surface area contributed by atoms with Gasteiger partial charge in [0.1, 0.15) is 5.75 Å². The molecule has 0 aromatic heterocycles. The Bertz CT molecular complexity index is 842. The molecule has 1 N–H and O–H groups in total. The summed E-state index contributed by atoms with van der Waals surface area (Å²) < 4.78 is 5.28. The summed E-state index contributed by atoms with van der Waals surface area (Å²) in [5.74, 6) is 4.19. The first-order chi connectivity index (χ1) is 14.7. The maximum Gasteiger partial charge on any atom is 0.166 e. The van der Waals surface area contributed by atoms with Gasteiger partial charge >= 0.3 is 0 Å². The smallest absolute Gasteiger partial charge is 0.166 e. The molecule has 4 fully saturated rings. The fourth-order valence-corrected chi connectivity index (χ4v) is 8.82. The number of hydrogen-bond acceptors (Lipinski definition) is 3. The summed E-state index contributed by atoms with van der Waals surface area (Å²) in [5.41, 5.74) is 0.898. The van der Waals surface area contributed by atoms with E-state index in [9.17, 15) is 9.90 Å². The summed E-state index contributed by atoms with van der Waals surface area (Å²) in [7, 11) is 1.67. The van der Waals surface area contributed by atoms with E-state index in [0.717, 1.165) is 42.4 Å². The van der Waals surface area contributed by atoms with Gasteiger partial charge in [-0.15, -0.1) is 0 Å². The highest BCUT2D eigenvalue weighted by Crippen LogP contribution is 2.68. The van der Waals surface area contributed by atoms with Crippen molar-refractivity contribution < 1.29 is 14.6 Å². The van der Waals surface area contributed by atoms with Crippen molar-refractivity contribution in [2.45, 2.75) is 84.2 Å². The molecule has 0 bridgehead atoms. The van der Waals surface area contributed by atoms with Crippen LogP contribution in [0.3, 0.4) is 0 Å². The molecule has 0 aliphatic heterocycles. The van der Waals surface area contributed by atoms with E-state index in [1.807, 2.05) is 31.2 Å². The number of methoxy groups -OCH3 is 1. The monoisotopic (exact) mass is 424 g/mol. The molecule has 0 amide bonds. The zero-order valence-electron chi connectivity index (χ0n) is 19.8. The number of hydrogen-bond donors (Lipinski definition) is 1. The highest BCUT2D eigenvalue weighted by atomic mass is 16.5. The van der Waals surface area contributed by atoms with E-state index in [4.69, 9.17) is 4.74 Å². The first kappa shape index (κ1) is 21.5. The van der Waals surface area contributed by atoms with E-state index in [1.165, 1.54) is 38.5 Å². The van der Waals surface area contributed by atoms with Crippen LogP contribution in [0.25, 0.3) is 0 Å². The fourth-order valence-electron chi connectivity index (χ4n) is 8.82. The van der Waals surface area contributed by atoms with E-state index < -0.39 is 5.60 Å². The van der Waals surface area contributed by atoms with E-state index >= 15 is 0 Å². The number of carbonyl (C=O) groups excluding carboxylic acids is 1. The summed E-state index contributed by atoms with van der Waals surface area (Å²) in [6.07, 6.45) is 10.4. The molecule has 0 unspecified atom stereocenters. The van der Waals surface area contributed by atoms with Crippen LogP contribution >= 0.6 is 0 Å². The first-order valence-electron chi connectivity index (χ1n) is 12.6. The molecule has 3 heteroatoms. The molecule has 3 nitrogen and oxygen atoms in total. The minimum atomic E-state index is -0.469. The summed E-state index contributed by atoms with van der Waals surface area (Å²) in [6.45, 7) is 7.03. The quantitative estimate of drug-likeness (QED) is 0.580. The molecular formula is C28H40O3. The van der Waals surface area contributed by atoms with Crippen LogP contribution in [0.5, 0.6) is 5.75 Å². The van der Waals surface area contributed by atoms with Gasteiger partial charge in [-0.3, -0.25) is 4.79 Å². The molecule has 4 saturated carbocycles. The van der Waals surface area contributed by atoms with Crippen molar-refractivity contribution in [2.75, 3.05) is 7.11 Å². The van der Waals surface area contributed by atoms with Crippen LogP contribution in [0.2, 0.25) is 0 Å². The molecule has 31 heavy (non-hydrogen) atoms. The molecule has 5 rings (SSSR count). The topological polar surface area (TPSA) is 46.5 Å². The third kappa shape index (κ3) is 3.29. The molecular weight excluding hydrogens is 384 g/mol. The fraction of sp³-hybridized carbons (Fsp3) is 0.750. The Morgan fingerprint density at radius 2 is 1.61 bits per heavy atom. The Morgan fingerprint density at radius 3 is 2.32 bits per heavy atom. The third-order valence-corrected chi connectivity index (χ3v) is 10.6. The van der Waals surface area contributed by atoms with E-state index in [0.29, 0.717) is 23.0 Å². The summed E-state index contributed by atoms with van der Waals surface area (Å²) in [5, 5.41) is 10.7. The Balaban J connectivity index is 1.37. The van der Waals surface area contributed by atoms with Gasteiger partial charge in [0.25, 0.3) is 0 Å². The highest BCUT2D eigenvalue weighted by Gasteiger charge is 2.61. The molecule has 170 valence electrons. The van der Waals surface area contributed by atoms with Crippen molar-refractivity contribution in [1.82, 2.24) is 0 Å². The molecule has 8 atom stereocenters. The van der Waals surface area contributed by atoms with Crippen molar-refractivity contribution >= 4 is 5.78 Å². The second-order valence-electron chi connectivity index (χ2n) is 12.1. The number of aliphatic hydroxyl groups is 1. The normalized spacial score (nSPS) is 46.5. The Kier molecular flexibility index (Phi) is 5.08. The van der Waals surface area contributed by atoms with Gasteiger partial charge in [-0.25, -0.2) is 0 Å². The van der Waals surface area contributed by atoms with Gasteiger partial charge in [0.15, 0.2) is 5.78 Å². The Labute approximate surface area is 188 Å². The maximum absolute atomic E-state index is 13.6. The van der Waals surface area contributed by atoms with Crippen molar-refractivity contribution in [3.63, 3.8) is 0 Å². The summed E-state index contributed by atoms with van der Waals surface area (Å²) in [4.78, 5) is 13.6. The predicted molar refractivity (Wildman–Crippen MR) is 123 cm³/mol. The molecule has 0 spiro atoms. The third-order valence-electron chi connectivity index (χ3n) is 10.6. The van der Waals surface area contributed by atoms with Gasteiger partial charge in [-0.2, -0.15) is 0 Å². The van der Waals surface area contributed by atoms with Gasteiger partial charge in [-0.1, -0.05) is 13.8 Å². The van der Waals surface area contributed by atoms with Crippen LogP contribution in [0, 0.1) is 40.4 Å². The standard InChI is InChI=1S/C28H40O3/c1-26(30)15-16-27(2)19(17-26)7-10-21-22-11-12-24(28(22,3)14-13-23(21)27)25(29)18-5-8-20(31-4)9-6-18/h5-6,8-9,19,21-24,30H,7,10-17H2,1-4H3/t19-,21-,22-,23-,24+,26+,27-,28-/m0/s1. The van der Waals surface area contributed by atoms with Gasteiger partial charge in [0.2, 0.25) is 0 Å². The molecule has 1 aromatic rings. The largest absolute Gasteiger partial charge is 0.497 e. The number of ether oxygens (including phenoxy) is 1. The second kappa shape index (κ2) is 7.33. The van der Waals surface area contributed by atoms with Crippen molar-refractivity contribution in [1.29, 1.82) is 0 Å². The molecule has 4 aliphatic carbocycles. The lowest BCUT2D eigenvalue weighted by Gasteiger charge is -2.61. The molecule has 0 heterocycles. The highest BCUT2D eigenvalue weighted by molar-refractivity contribution is 5.98. The van der Waals surface area contributed by atoms with Gasteiger partial charge < -0.3 is 9.84 Å². The molecule has 0 saturated heterocycles. The van der Waals surface area contributed by atoms with Gasteiger partial charge in [0, 0.05) is 11.5 Å². The summed E-state index contributed by atoms with van der Waals surface area (Å²) in [6, 6.07) is 7.73. The Morgan fingerprint density at radius 1 is 0.903 bits per heavy atom. The predicted octanol–water partition coefficient (Wildman–Crippen LogP) is 6.29. The average Bonchev–Trinajstić information content (AvgIpc) is 3.11. The number of benzene rings is 1. The first-order valence-corrected chi connectivity index (χ1v) is 12.6. The molecule has 0 radical (unpaired) electrons. The van der Waals surface area contributed by atoms with Crippen molar-refractivity contribution in [2.24, 2.45) is 40.4 Å². The second-order valence-corrected chi connectivity index (χ2v) is 12.1. The number of rotatable bonds is 3. The lowest BCUT2D eigenvalue weighted by atomic mass is 9.44. The number of carbonyl (C=O) groups is 1. The van der Waals surface area contributed by atoms with Crippen LogP contribution < -0.4 is 4.74 Å². The van der Waals surface area contributed by atoms with Crippen LogP contribution in [-0.2, 0) is 0 Å². The zero-order valence-corrected chi connectivity index (χ0v) is 19.8. The number of fused-ring (bicyclic) bond motifs is 5. The molecule has 4 aliphatic rings. The van der Waals surface area contributed by atoms with Crippen LogP contribution in [0.4, 0.5) is 0 Å². The summed E-state index contributed by atoms with van der Waals surface area (Å²) >= 11 is 0. The van der Waals surface area contributed by atoms with Gasteiger partial charge in [-0.05, 0) is 123 Å². The lowest BCUT2D eigenvalue weighted by molar-refractivity contribution is -0.144. The van der Waals surface area contributed by atoms with E-state index in [-0.39, 0.29) is 11.3 Å². The zero-order chi connectivity index (χ0) is 22.0. The van der Waals surface area contributed by atoms with E-state index in [2.05, 4.69) is 13.8 Å². The van der Waals surface area contributed by atoms with Crippen molar-refractivity contribution in [3.8, 4) is 5.75 Å². The number of ketones is 1. The van der Waals surface area contributed by atoms with E-state index in [1.54, 1.807) is 7.11 Å².